The zero-order chi connectivity index (χ0) is 18.1. The smallest absolute Gasteiger partial charge is 0.182 e. The van der Waals surface area contributed by atoms with Crippen LogP contribution in [0.3, 0.4) is 0 Å². The molecule has 3 rings (SSSR count). The topological polar surface area (TPSA) is 78.6 Å². The molecule has 2 aromatic rings. The Balaban J connectivity index is 2.03. The molecule has 1 saturated carbocycles. The molecule has 0 radical (unpaired) electrons. The van der Waals surface area contributed by atoms with Crippen LogP contribution in [0.2, 0.25) is 0 Å². The molecule has 1 aliphatic carbocycles. The van der Waals surface area contributed by atoms with Gasteiger partial charge in [-0.05, 0) is 29.8 Å². The van der Waals surface area contributed by atoms with Crippen molar-refractivity contribution >= 4 is 9.84 Å². The Morgan fingerprint density at radius 2 is 1.68 bits per heavy atom. The maximum absolute atomic E-state index is 13.2. The van der Waals surface area contributed by atoms with E-state index in [0.717, 1.165) is 11.3 Å². The van der Waals surface area contributed by atoms with Gasteiger partial charge in [0.15, 0.2) is 9.84 Å². The summed E-state index contributed by atoms with van der Waals surface area (Å²) in [6.45, 7) is 0.547. The summed E-state index contributed by atoms with van der Waals surface area (Å²) in [5.41, 5.74) is 6.36. The molecular formula is C19H23NO4S. The van der Waals surface area contributed by atoms with Gasteiger partial charge in [-0.15, -0.1) is 0 Å². The summed E-state index contributed by atoms with van der Waals surface area (Å²) in [6.07, 6.45) is 0. The predicted molar refractivity (Wildman–Crippen MR) is 96.5 cm³/mol. The average molecular weight is 361 g/mol. The van der Waals surface area contributed by atoms with Crippen LogP contribution < -0.4 is 10.5 Å². The first-order valence-electron chi connectivity index (χ1n) is 8.13. The number of hydrogen-bond donors (Lipinski definition) is 1. The first-order valence-corrected chi connectivity index (χ1v) is 9.68. The predicted octanol–water partition coefficient (Wildman–Crippen LogP) is 2.23. The highest BCUT2D eigenvalue weighted by Crippen LogP contribution is 2.63. The second-order valence-corrected chi connectivity index (χ2v) is 8.47. The molecule has 1 fully saturated rings. The summed E-state index contributed by atoms with van der Waals surface area (Å²) in [5.74, 6) is 0.533. The number of hydrogen-bond acceptors (Lipinski definition) is 5. The van der Waals surface area contributed by atoms with Crippen molar-refractivity contribution in [3.8, 4) is 5.75 Å². The number of rotatable bonds is 7. The first-order chi connectivity index (χ1) is 12.0. The molecule has 0 spiro atoms. The molecule has 0 aliphatic heterocycles. The lowest BCUT2D eigenvalue weighted by Crippen LogP contribution is -2.28. The molecule has 3 atom stereocenters. The summed E-state index contributed by atoms with van der Waals surface area (Å²) in [5, 5.41) is -0.597. The van der Waals surface area contributed by atoms with Crippen molar-refractivity contribution in [1.82, 2.24) is 0 Å². The van der Waals surface area contributed by atoms with Crippen molar-refractivity contribution in [2.75, 3.05) is 27.4 Å². The van der Waals surface area contributed by atoms with Gasteiger partial charge in [0.05, 0.1) is 23.9 Å². The molecular weight excluding hydrogens is 338 g/mol. The van der Waals surface area contributed by atoms with E-state index in [1.165, 1.54) is 0 Å². The molecule has 2 N–H and O–H groups in total. The first kappa shape index (κ1) is 17.9. The molecule has 134 valence electrons. The van der Waals surface area contributed by atoms with Crippen LogP contribution in [0.15, 0.2) is 59.5 Å². The standard InChI is InChI=1S/C19H23NO4S/c1-23-13-19(12-20)17(14-8-10-15(24-2)11-9-14)18(19)25(21,22)16-6-4-3-5-7-16/h3-11,17-18H,12-13,20H2,1-2H3. The third-order valence-corrected chi connectivity index (χ3v) is 7.39. The van der Waals surface area contributed by atoms with Crippen molar-refractivity contribution in [3.05, 3.63) is 60.2 Å². The van der Waals surface area contributed by atoms with Crippen LogP contribution in [-0.4, -0.2) is 41.0 Å². The number of nitrogens with two attached hydrogens (primary N) is 1. The fourth-order valence-corrected chi connectivity index (χ4v) is 6.23. The van der Waals surface area contributed by atoms with E-state index in [1.807, 2.05) is 24.3 Å². The highest BCUT2D eigenvalue weighted by Gasteiger charge is 2.70. The lowest BCUT2D eigenvalue weighted by atomic mass is 10.00. The molecule has 6 heteroatoms. The van der Waals surface area contributed by atoms with Crippen molar-refractivity contribution in [3.63, 3.8) is 0 Å². The van der Waals surface area contributed by atoms with E-state index in [0.29, 0.717) is 11.5 Å². The molecule has 0 saturated heterocycles. The van der Waals surface area contributed by atoms with E-state index in [1.54, 1.807) is 44.6 Å². The fraction of sp³-hybridized carbons (Fsp3) is 0.368. The van der Waals surface area contributed by atoms with Crippen LogP contribution in [-0.2, 0) is 14.6 Å². The van der Waals surface area contributed by atoms with Gasteiger partial charge in [-0.2, -0.15) is 0 Å². The van der Waals surface area contributed by atoms with Gasteiger partial charge in [0, 0.05) is 25.0 Å². The minimum Gasteiger partial charge on any atom is -0.497 e. The van der Waals surface area contributed by atoms with Gasteiger partial charge in [-0.1, -0.05) is 30.3 Å². The van der Waals surface area contributed by atoms with E-state index in [4.69, 9.17) is 15.2 Å². The molecule has 1 aliphatic rings. The molecule has 2 aromatic carbocycles. The summed E-state index contributed by atoms with van der Waals surface area (Å²) in [6, 6.07) is 16.0. The van der Waals surface area contributed by atoms with Crippen LogP contribution in [0.1, 0.15) is 11.5 Å². The SMILES string of the molecule is COCC1(CN)C(c2ccc(OC)cc2)C1S(=O)(=O)c1ccccc1. The zero-order valence-electron chi connectivity index (χ0n) is 14.4. The van der Waals surface area contributed by atoms with Crippen molar-refractivity contribution in [1.29, 1.82) is 0 Å². The van der Waals surface area contributed by atoms with Crippen LogP contribution in [0.4, 0.5) is 0 Å². The maximum atomic E-state index is 13.2. The van der Waals surface area contributed by atoms with E-state index >= 15 is 0 Å². The minimum absolute atomic E-state index is 0.200. The Bertz CT molecular complexity index is 820. The van der Waals surface area contributed by atoms with Gasteiger partial charge in [-0.3, -0.25) is 0 Å². The van der Waals surface area contributed by atoms with E-state index in [-0.39, 0.29) is 12.5 Å². The molecule has 0 bridgehead atoms. The summed E-state index contributed by atoms with van der Waals surface area (Å²) < 4.78 is 37.0. The second kappa shape index (κ2) is 6.78. The second-order valence-electron chi connectivity index (χ2n) is 6.40. The van der Waals surface area contributed by atoms with E-state index < -0.39 is 20.5 Å². The molecule has 5 nitrogen and oxygen atoms in total. The number of ether oxygens (including phenoxy) is 2. The summed E-state index contributed by atoms with van der Waals surface area (Å²) >= 11 is 0. The number of benzene rings is 2. The Hall–Kier alpha value is -1.89. The highest BCUT2D eigenvalue weighted by atomic mass is 32.2. The van der Waals surface area contributed by atoms with Gasteiger partial charge in [0.2, 0.25) is 0 Å². The number of sulfone groups is 1. The van der Waals surface area contributed by atoms with Gasteiger partial charge < -0.3 is 15.2 Å². The Labute approximate surface area is 148 Å². The van der Waals surface area contributed by atoms with Gasteiger partial charge in [0.1, 0.15) is 5.75 Å². The lowest BCUT2D eigenvalue weighted by molar-refractivity contribution is 0.142. The third-order valence-electron chi connectivity index (χ3n) is 5.05. The largest absolute Gasteiger partial charge is 0.497 e. The Morgan fingerprint density at radius 1 is 1.04 bits per heavy atom. The van der Waals surface area contributed by atoms with Crippen LogP contribution in [0.5, 0.6) is 5.75 Å². The van der Waals surface area contributed by atoms with Crippen LogP contribution >= 0.6 is 0 Å². The quantitative estimate of drug-likeness (QED) is 0.818. The Kier molecular flexibility index (Phi) is 4.86. The fourth-order valence-electron chi connectivity index (χ4n) is 3.76. The van der Waals surface area contributed by atoms with Gasteiger partial charge in [0.25, 0.3) is 0 Å². The molecule has 0 aromatic heterocycles. The lowest BCUT2D eigenvalue weighted by Gasteiger charge is -2.15. The van der Waals surface area contributed by atoms with Crippen molar-refractivity contribution in [2.24, 2.45) is 11.1 Å². The van der Waals surface area contributed by atoms with Crippen LogP contribution in [0.25, 0.3) is 0 Å². The monoisotopic (exact) mass is 361 g/mol. The minimum atomic E-state index is -3.51. The Morgan fingerprint density at radius 3 is 2.20 bits per heavy atom. The van der Waals surface area contributed by atoms with E-state index in [9.17, 15) is 8.42 Å². The zero-order valence-corrected chi connectivity index (χ0v) is 15.2. The van der Waals surface area contributed by atoms with Gasteiger partial charge in [-0.25, -0.2) is 8.42 Å². The number of methoxy groups -OCH3 is 2. The van der Waals surface area contributed by atoms with Gasteiger partial charge >= 0.3 is 0 Å². The van der Waals surface area contributed by atoms with Crippen molar-refractivity contribution < 1.29 is 17.9 Å². The van der Waals surface area contributed by atoms with Crippen molar-refractivity contribution in [2.45, 2.75) is 16.1 Å². The van der Waals surface area contributed by atoms with E-state index in [2.05, 4.69) is 0 Å². The maximum Gasteiger partial charge on any atom is 0.182 e. The molecule has 25 heavy (non-hydrogen) atoms. The average Bonchev–Trinajstić information content (AvgIpc) is 3.32. The normalized spacial score (nSPS) is 25.6. The van der Waals surface area contributed by atoms with Crippen LogP contribution in [0, 0.1) is 5.41 Å². The molecule has 0 heterocycles. The summed E-state index contributed by atoms with van der Waals surface area (Å²) in [7, 11) is -0.334. The molecule has 0 amide bonds. The third kappa shape index (κ3) is 2.94. The highest BCUT2D eigenvalue weighted by molar-refractivity contribution is 7.92. The summed E-state index contributed by atoms with van der Waals surface area (Å²) in [4.78, 5) is 0.324. The molecule has 3 unspecified atom stereocenters.